The summed E-state index contributed by atoms with van der Waals surface area (Å²) < 4.78 is 2.87. The molecule has 0 aliphatic rings. The van der Waals surface area contributed by atoms with Crippen LogP contribution in [0, 0.1) is 0 Å². The van der Waals surface area contributed by atoms with Crippen LogP contribution < -0.4 is 11.1 Å². The van der Waals surface area contributed by atoms with Gasteiger partial charge in [0, 0.05) is 25.1 Å². The van der Waals surface area contributed by atoms with Gasteiger partial charge in [0.2, 0.25) is 5.82 Å². The molecule has 0 radical (unpaired) electrons. The van der Waals surface area contributed by atoms with Crippen molar-refractivity contribution in [1.29, 1.82) is 0 Å². The second-order valence-electron chi connectivity index (χ2n) is 4.37. The molecule has 0 bridgehead atoms. The van der Waals surface area contributed by atoms with Gasteiger partial charge < -0.3 is 11.1 Å². The number of primary amides is 1. The SMILES string of the molecule is CCn1cc(NC(=O)c2nc3ncccn3n2)c(C(N)=O)n1. The number of carbonyl (C=O) groups is 2. The Kier molecular flexibility index (Phi) is 3.26. The van der Waals surface area contributed by atoms with E-state index in [1.165, 1.54) is 15.4 Å². The molecule has 0 unspecified atom stereocenters. The van der Waals surface area contributed by atoms with E-state index in [-0.39, 0.29) is 17.2 Å². The third-order valence-electron chi connectivity index (χ3n) is 2.89. The van der Waals surface area contributed by atoms with Crippen LogP contribution in [0.5, 0.6) is 0 Å². The minimum Gasteiger partial charge on any atom is -0.364 e. The molecule has 0 saturated heterocycles. The molecule has 22 heavy (non-hydrogen) atoms. The Hall–Kier alpha value is -3.30. The summed E-state index contributed by atoms with van der Waals surface area (Å²) in [5.74, 6) is -1.08. The van der Waals surface area contributed by atoms with E-state index in [0.717, 1.165) is 0 Å². The Morgan fingerprint density at radius 2 is 2.18 bits per heavy atom. The van der Waals surface area contributed by atoms with Crippen LogP contribution in [-0.2, 0) is 6.54 Å². The molecule has 3 rings (SSSR count). The summed E-state index contributed by atoms with van der Waals surface area (Å²) in [6, 6.07) is 1.67. The van der Waals surface area contributed by atoms with E-state index in [0.29, 0.717) is 12.3 Å². The molecule has 0 aromatic carbocycles. The molecule has 0 aliphatic heterocycles. The maximum absolute atomic E-state index is 12.2. The molecule has 0 saturated carbocycles. The van der Waals surface area contributed by atoms with Crippen molar-refractivity contribution in [2.24, 2.45) is 5.73 Å². The topological polar surface area (TPSA) is 133 Å². The second-order valence-corrected chi connectivity index (χ2v) is 4.37. The van der Waals surface area contributed by atoms with Gasteiger partial charge in [-0.25, -0.2) is 9.50 Å². The molecule has 3 N–H and O–H groups in total. The van der Waals surface area contributed by atoms with E-state index in [9.17, 15) is 9.59 Å². The van der Waals surface area contributed by atoms with E-state index in [1.54, 1.807) is 18.5 Å². The first-order chi connectivity index (χ1) is 10.6. The fourth-order valence-electron chi connectivity index (χ4n) is 1.86. The fraction of sp³-hybridized carbons (Fsp3) is 0.167. The van der Waals surface area contributed by atoms with Gasteiger partial charge in [0.1, 0.15) is 0 Å². The van der Waals surface area contributed by atoms with Crippen LogP contribution >= 0.6 is 0 Å². The van der Waals surface area contributed by atoms with Crippen LogP contribution in [0.3, 0.4) is 0 Å². The highest BCUT2D eigenvalue weighted by molar-refractivity contribution is 6.06. The molecular weight excluding hydrogens is 288 g/mol. The average Bonchev–Trinajstić information content (AvgIpc) is 3.10. The molecule has 3 aromatic rings. The lowest BCUT2D eigenvalue weighted by atomic mass is 10.3. The van der Waals surface area contributed by atoms with Crippen LogP contribution in [0.25, 0.3) is 5.78 Å². The summed E-state index contributed by atoms with van der Waals surface area (Å²) in [4.78, 5) is 31.5. The fourth-order valence-corrected chi connectivity index (χ4v) is 1.86. The summed E-state index contributed by atoms with van der Waals surface area (Å²) in [6.07, 6.45) is 4.68. The van der Waals surface area contributed by atoms with E-state index in [4.69, 9.17) is 5.73 Å². The lowest BCUT2D eigenvalue weighted by Crippen LogP contribution is -2.18. The molecule has 0 fully saturated rings. The van der Waals surface area contributed by atoms with Crippen molar-refractivity contribution in [3.05, 3.63) is 36.2 Å². The molecule has 0 spiro atoms. The first-order valence-corrected chi connectivity index (χ1v) is 6.44. The predicted octanol–water partition coefficient (Wildman–Crippen LogP) is -0.308. The summed E-state index contributed by atoms with van der Waals surface area (Å²) in [5, 5.41) is 10.5. The number of nitrogens with one attached hydrogen (secondary N) is 1. The number of nitrogens with two attached hydrogens (primary N) is 1. The zero-order valence-electron chi connectivity index (χ0n) is 11.6. The lowest BCUT2D eigenvalue weighted by Gasteiger charge is -1.99. The number of amides is 2. The Balaban J connectivity index is 1.90. The van der Waals surface area contributed by atoms with Crippen LogP contribution in [0.2, 0.25) is 0 Å². The number of anilines is 1. The number of carbonyl (C=O) groups excluding carboxylic acids is 2. The third kappa shape index (κ3) is 2.37. The minimum atomic E-state index is -0.730. The van der Waals surface area contributed by atoms with Crippen molar-refractivity contribution < 1.29 is 9.59 Å². The van der Waals surface area contributed by atoms with E-state index < -0.39 is 11.8 Å². The Morgan fingerprint density at radius 3 is 2.86 bits per heavy atom. The summed E-state index contributed by atoms with van der Waals surface area (Å²) in [6.45, 7) is 2.38. The average molecular weight is 300 g/mol. The van der Waals surface area contributed by atoms with Crippen molar-refractivity contribution in [2.45, 2.75) is 13.5 Å². The number of fused-ring (bicyclic) bond motifs is 1. The summed E-state index contributed by atoms with van der Waals surface area (Å²) in [7, 11) is 0. The monoisotopic (exact) mass is 300 g/mol. The van der Waals surface area contributed by atoms with Gasteiger partial charge in [0.15, 0.2) is 5.69 Å². The first kappa shape index (κ1) is 13.7. The number of hydrogen-bond acceptors (Lipinski definition) is 6. The van der Waals surface area contributed by atoms with Gasteiger partial charge in [-0.05, 0) is 13.0 Å². The number of hydrogen-bond donors (Lipinski definition) is 2. The summed E-state index contributed by atoms with van der Waals surface area (Å²) in [5.41, 5.74) is 5.44. The molecule has 3 heterocycles. The third-order valence-corrected chi connectivity index (χ3v) is 2.89. The van der Waals surface area contributed by atoms with Gasteiger partial charge in [-0.3, -0.25) is 14.3 Å². The molecule has 0 atom stereocenters. The van der Waals surface area contributed by atoms with Crippen molar-refractivity contribution in [2.75, 3.05) is 5.32 Å². The molecule has 0 aliphatic carbocycles. The molecule has 3 aromatic heterocycles. The van der Waals surface area contributed by atoms with Gasteiger partial charge in [-0.2, -0.15) is 10.1 Å². The van der Waals surface area contributed by atoms with Gasteiger partial charge in [0.05, 0.1) is 5.69 Å². The highest BCUT2D eigenvalue weighted by Crippen LogP contribution is 2.14. The van der Waals surface area contributed by atoms with E-state index in [1.807, 2.05) is 6.92 Å². The number of aromatic nitrogens is 6. The zero-order valence-corrected chi connectivity index (χ0v) is 11.6. The van der Waals surface area contributed by atoms with Crippen LogP contribution in [0.4, 0.5) is 5.69 Å². The standard InChI is InChI=1S/C12H12N8O2/c1-2-19-6-7(8(17-19)9(13)21)15-11(22)10-16-12-14-4-3-5-20(12)18-10/h3-6H,2H2,1H3,(H2,13,21)(H,15,22). The molecule has 112 valence electrons. The Morgan fingerprint density at radius 1 is 1.36 bits per heavy atom. The van der Waals surface area contributed by atoms with Crippen molar-refractivity contribution in [1.82, 2.24) is 29.4 Å². The quantitative estimate of drug-likeness (QED) is 0.679. The maximum atomic E-state index is 12.2. The Labute approximate surface area is 124 Å². The minimum absolute atomic E-state index is 0.0166. The zero-order chi connectivity index (χ0) is 15.7. The van der Waals surface area contributed by atoms with Crippen LogP contribution in [0.15, 0.2) is 24.7 Å². The van der Waals surface area contributed by atoms with E-state index in [2.05, 4.69) is 25.5 Å². The summed E-state index contributed by atoms with van der Waals surface area (Å²) >= 11 is 0. The number of rotatable bonds is 4. The molecule has 10 heteroatoms. The van der Waals surface area contributed by atoms with Crippen molar-refractivity contribution >= 4 is 23.3 Å². The molecule has 2 amide bonds. The highest BCUT2D eigenvalue weighted by atomic mass is 16.2. The van der Waals surface area contributed by atoms with Crippen LogP contribution in [0.1, 0.15) is 28.0 Å². The highest BCUT2D eigenvalue weighted by Gasteiger charge is 2.19. The van der Waals surface area contributed by atoms with Crippen molar-refractivity contribution in [3.63, 3.8) is 0 Å². The molecular formula is C12H12N8O2. The van der Waals surface area contributed by atoms with Crippen LogP contribution in [-0.4, -0.2) is 41.2 Å². The maximum Gasteiger partial charge on any atom is 0.295 e. The van der Waals surface area contributed by atoms with Gasteiger partial charge in [-0.1, -0.05) is 0 Å². The lowest BCUT2D eigenvalue weighted by molar-refractivity contribution is 0.0995. The second kappa shape index (κ2) is 5.24. The van der Waals surface area contributed by atoms with Gasteiger partial charge in [0.25, 0.3) is 17.6 Å². The number of aryl methyl sites for hydroxylation is 1. The Bertz CT molecular complexity index is 832. The molecule has 10 nitrogen and oxygen atoms in total. The number of nitrogens with zero attached hydrogens (tertiary/aromatic N) is 6. The van der Waals surface area contributed by atoms with E-state index >= 15 is 0 Å². The normalized spacial score (nSPS) is 10.8. The smallest absolute Gasteiger partial charge is 0.295 e. The largest absolute Gasteiger partial charge is 0.364 e. The van der Waals surface area contributed by atoms with Gasteiger partial charge >= 0.3 is 0 Å². The predicted molar refractivity (Wildman–Crippen MR) is 75.2 cm³/mol. The van der Waals surface area contributed by atoms with Gasteiger partial charge in [-0.15, -0.1) is 5.10 Å². The van der Waals surface area contributed by atoms with Crippen molar-refractivity contribution in [3.8, 4) is 0 Å². The first-order valence-electron chi connectivity index (χ1n) is 6.44.